The molecule has 0 aliphatic rings. The summed E-state index contributed by atoms with van der Waals surface area (Å²) in [5.41, 5.74) is 1.38. The Morgan fingerprint density at radius 1 is 0.857 bits per heavy atom. The number of benzene rings is 2. The molecule has 0 bridgehead atoms. The van der Waals surface area contributed by atoms with Gasteiger partial charge in [0.05, 0.1) is 6.04 Å². The molecule has 0 aromatic heterocycles. The lowest BCUT2D eigenvalue weighted by Gasteiger charge is -2.20. The van der Waals surface area contributed by atoms with E-state index in [0.29, 0.717) is 16.7 Å². The van der Waals surface area contributed by atoms with Crippen LogP contribution in [0.3, 0.4) is 0 Å². The largest absolute Gasteiger partial charge is 0.309 e. The molecule has 0 aliphatic heterocycles. The van der Waals surface area contributed by atoms with Gasteiger partial charge >= 0.3 is 0 Å². The van der Waals surface area contributed by atoms with Gasteiger partial charge in [-0.05, 0) is 43.7 Å². The first-order valence-corrected chi connectivity index (χ1v) is 6.44. The van der Waals surface area contributed by atoms with Crippen molar-refractivity contribution in [3.63, 3.8) is 0 Å². The maximum absolute atomic E-state index is 13.9. The molecule has 1 atom stereocenters. The summed E-state index contributed by atoms with van der Waals surface area (Å²) in [5.74, 6) is -4.32. The molecule has 0 saturated heterocycles. The van der Waals surface area contributed by atoms with Crippen LogP contribution in [0.1, 0.15) is 28.3 Å². The summed E-state index contributed by atoms with van der Waals surface area (Å²) in [5, 5.41) is 2.84. The maximum atomic E-state index is 13.9. The lowest BCUT2D eigenvalue weighted by molar-refractivity contribution is 0.435. The first-order valence-electron chi connectivity index (χ1n) is 6.44. The molecule has 0 amide bonds. The molecule has 2 aromatic rings. The first-order chi connectivity index (χ1) is 9.86. The molecule has 0 fully saturated rings. The van der Waals surface area contributed by atoms with Crippen molar-refractivity contribution >= 4 is 0 Å². The molecule has 1 N–H and O–H groups in total. The molecule has 0 heterocycles. The first kappa shape index (κ1) is 15.5. The fourth-order valence-corrected chi connectivity index (χ4v) is 2.41. The average molecular weight is 297 g/mol. The number of halogens is 4. The quantitative estimate of drug-likeness (QED) is 0.662. The highest BCUT2D eigenvalue weighted by Crippen LogP contribution is 2.28. The smallest absolute Gasteiger partial charge is 0.194 e. The van der Waals surface area contributed by atoms with Gasteiger partial charge in [-0.25, -0.2) is 17.6 Å². The van der Waals surface area contributed by atoms with Crippen LogP contribution in [0.4, 0.5) is 17.6 Å². The molecule has 0 aliphatic carbocycles. The van der Waals surface area contributed by atoms with E-state index in [2.05, 4.69) is 5.32 Å². The van der Waals surface area contributed by atoms with E-state index in [1.54, 1.807) is 33.0 Å². The van der Waals surface area contributed by atoms with Gasteiger partial charge in [0.25, 0.3) is 0 Å². The van der Waals surface area contributed by atoms with Crippen LogP contribution in [0.5, 0.6) is 0 Å². The molecule has 1 unspecified atom stereocenters. The van der Waals surface area contributed by atoms with Gasteiger partial charge in [0.15, 0.2) is 17.5 Å². The summed E-state index contributed by atoms with van der Waals surface area (Å²) in [6, 6.07) is 4.48. The van der Waals surface area contributed by atoms with Gasteiger partial charge in [0.1, 0.15) is 5.82 Å². The summed E-state index contributed by atoms with van der Waals surface area (Å²) >= 11 is 0. The van der Waals surface area contributed by atoms with Crippen LogP contribution in [-0.2, 0) is 0 Å². The van der Waals surface area contributed by atoms with Crippen LogP contribution in [0.2, 0.25) is 0 Å². The highest BCUT2D eigenvalue weighted by atomic mass is 19.2. The second-order valence-electron chi connectivity index (χ2n) is 4.95. The molecule has 2 rings (SSSR count). The van der Waals surface area contributed by atoms with Gasteiger partial charge in [-0.3, -0.25) is 0 Å². The Hall–Kier alpha value is -1.88. The molecule has 0 saturated carbocycles. The summed E-state index contributed by atoms with van der Waals surface area (Å²) in [4.78, 5) is 0. The van der Waals surface area contributed by atoms with E-state index in [1.807, 2.05) is 0 Å². The van der Waals surface area contributed by atoms with Crippen molar-refractivity contribution < 1.29 is 17.6 Å². The fraction of sp³-hybridized carbons (Fsp3) is 0.250. The Balaban J connectivity index is 2.58. The highest BCUT2D eigenvalue weighted by molar-refractivity contribution is 5.38. The third-order valence-corrected chi connectivity index (χ3v) is 3.46. The molecule has 112 valence electrons. The van der Waals surface area contributed by atoms with Crippen LogP contribution in [0.25, 0.3) is 0 Å². The third kappa shape index (κ3) is 2.78. The molecule has 0 radical (unpaired) electrons. The van der Waals surface area contributed by atoms with Crippen molar-refractivity contribution in [2.45, 2.75) is 19.9 Å². The third-order valence-electron chi connectivity index (χ3n) is 3.46. The molecular weight excluding hydrogens is 282 g/mol. The molecular formula is C16H15F4N. The summed E-state index contributed by atoms with van der Waals surface area (Å²) in [6.45, 7) is 3.19. The van der Waals surface area contributed by atoms with E-state index in [4.69, 9.17) is 0 Å². The molecule has 2 aromatic carbocycles. The minimum atomic E-state index is -1.51. The zero-order valence-electron chi connectivity index (χ0n) is 11.9. The zero-order chi connectivity index (χ0) is 15.7. The van der Waals surface area contributed by atoms with Crippen LogP contribution in [0.15, 0.2) is 24.3 Å². The minimum Gasteiger partial charge on any atom is -0.309 e. The summed E-state index contributed by atoms with van der Waals surface area (Å²) < 4.78 is 54.0. The molecule has 0 spiro atoms. The van der Waals surface area contributed by atoms with E-state index < -0.39 is 23.5 Å². The van der Waals surface area contributed by atoms with E-state index in [0.717, 1.165) is 6.07 Å². The second-order valence-corrected chi connectivity index (χ2v) is 4.95. The number of hydrogen-bond donors (Lipinski definition) is 1. The molecule has 1 nitrogen and oxygen atoms in total. The maximum Gasteiger partial charge on any atom is 0.194 e. The van der Waals surface area contributed by atoms with Gasteiger partial charge in [-0.1, -0.05) is 18.2 Å². The predicted molar refractivity (Wildman–Crippen MR) is 73.1 cm³/mol. The van der Waals surface area contributed by atoms with E-state index in [-0.39, 0.29) is 11.4 Å². The van der Waals surface area contributed by atoms with E-state index in [1.165, 1.54) is 6.07 Å². The van der Waals surface area contributed by atoms with Crippen molar-refractivity contribution in [3.05, 3.63) is 69.8 Å². The van der Waals surface area contributed by atoms with Crippen molar-refractivity contribution in [3.8, 4) is 0 Å². The normalized spacial score (nSPS) is 12.5. The Morgan fingerprint density at radius 2 is 1.43 bits per heavy atom. The Bertz CT molecular complexity index is 659. The zero-order valence-corrected chi connectivity index (χ0v) is 11.9. The number of rotatable bonds is 3. The van der Waals surface area contributed by atoms with Gasteiger partial charge in [-0.2, -0.15) is 0 Å². The Morgan fingerprint density at radius 3 is 1.95 bits per heavy atom. The van der Waals surface area contributed by atoms with Crippen molar-refractivity contribution in [1.82, 2.24) is 5.32 Å². The fourth-order valence-electron chi connectivity index (χ4n) is 2.41. The van der Waals surface area contributed by atoms with Crippen molar-refractivity contribution in [1.29, 1.82) is 0 Å². The lowest BCUT2D eigenvalue weighted by atomic mass is 9.95. The van der Waals surface area contributed by atoms with Gasteiger partial charge in [-0.15, -0.1) is 0 Å². The van der Waals surface area contributed by atoms with Gasteiger partial charge in [0, 0.05) is 5.56 Å². The van der Waals surface area contributed by atoms with Crippen LogP contribution >= 0.6 is 0 Å². The minimum absolute atomic E-state index is 0.0261. The van der Waals surface area contributed by atoms with Crippen molar-refractivity contribution in [2.75, 3.05) is 7.05 Å². The monoisotopic (exact) mass is 297 g/mol. The van der Waals surface area contributed by atoms with Crippen LogP contribution < -0.4 is 5.32 Å². The Labute approximate surface area is 120 Å². The topological polar surface area (TPSA) is 12.0 Å². The second kappa shape index (κ2) is 5.85. The average Bonchev–Trinajstić information content (AvgIpc) is 2.45. The van der Waals surface area contributed by atoms with Gasteiger partial charge < -0.3 is 5.32 Å². The SMILES string of the molecule is CNC(c1cc(C)c(F)c(C)c1)c1ccc(F)c(F)c1F. The van der Waals surface area contributed by atoms with Crippen LogP contribution in [-0.4, -0.2) is 7.05 Å². The number of nitrogens with one attached hydrogen (secondary N) is 1. The predicted octanol–water partition coefficient (Wildman–Crippen LogP) is 4.17. The number of aryl methyl sites for hydroxylation is 2. The Kier molecular flexibility index (Phi) is 4.32. The van der Waals surface area contributed by atoms with Crippen LogP contribution in [0, 0.1) is 37.1 Å². The van der Waals surface area contributed by atoms with E-state index in [9.17, 15) is 17.6 Å². The molecule has 5 heteroatoms. The summed E-state index contributed by atoms with van der Waals surface area (Å²) in [6.07, 6.45) is 0. The summed E-state index contributed by atoms with van der Waals surface area (Å²) in [7, 11) is 1.57. The number of hydrogen-bond acceptors (Lipinski definition) is 1. The standard InChI is InChI=1S/C16H15F4N/c1-8-6-10(7-9(2)13(8)18)16(21-3)11-4-5-12(17)15(20)14(11)19/h4-7,16,21H,1-3H3. The van der Waals surface area contributed by atoms with Crippen molar-refractivity contribution in [2.24, 2.45) is 0 Å². The molecule has 21 heavy (non-hydrogen) atoms. The lowest BCUT2D eigenvalue weighted by Crippen LogP contribution is -2.20. The van der Waals surface area contributed by atoms with E-state index >= 15 is 0 Å². The van der Waals surface area contributed by atoms with Gasteiger partial charge in [0.2, 0.25) is 0 Å². The highest BCUT2D eigenvalue weighted by Gasteiger charge is 2.22.